The number of nitrogens with zero attached hydrogens (tertiary/aromatic N) is 1. The summed E-state index contributed by atoms with van der Waals surface area (Å²) in [6.45, 7) is 3.79. The highest BCUT2D eigenvalue weighted by Crippen LogP contribution is 2.31. The summed E-state index contributed by atoms with van der Waals surface area (Å²) >= 11 is 7.18. The molecule has 0 aliphatic rings. The molecule has 0 atom stereocenters. The molecule has 0 aliphatic carbocycles. The number of thiophene rings is 1. The van der Waals surface area contributed by atoms with Crippen LogP contribution in [-0.2, 0) is 5.60 Å². The normalized spacial score (nSPS) is 11.6. The Morgan fingerprint density at radius 1 is 1.16 bits per heavy atom. The molecule has 0 spiro atoms. The quantitative estimate of drug-likeness (QED) is 0.463. The van der Waals surface area contributed by atoms with E-state index >= 15 is 0 Å². The minimum Gasteiger partial charge on any atom is -0.483 e. The number of benzene rings is 2. The first kappa shape index (κ1) is 20.9. The zero-order valence-corrected chi connectivity index (χ0v) is 18.1. The van der Waals surface area contributed by atoms with E-state index in [4.69, 9.17) is 16.3 Å². The molecule has 0 amide bonds. The molecule has 2 aromatic carbocycles. The van der Waals surface area contributed by atoms with Crippen molar-refractivity contribution < 1.29 is 14.6 Å². The number of ether oxygens (including phenoxy) is 1. The average molecular weight is 457 g/mol. The maximum Gasteiger partial charge on any atom is 0.346 e. The molecule has 4 aromatic rings. The largest absolute Gasteiger partial charge is 0.483 e. The number of aromatic amines is 1. The fourth-order valence-electron chi connectivity index (χ4n) is 3.33. The molecule has 7 nitrogen and oxygen atoms in total. The van der Waals surface area contributed by atoms with Gasteiger partial charge in [-0.15, -0.1) is 11.3 Å². The Morgan fingerprint density at radius 3 is 2.55 bits per heavy atom. The van der Waals surface area contributed by atoms with Crippen molar-refractivity contribution in [2.24, 2.45) is 0 Å². The first-order chi connectivity index (χ1) is 14.7. The second-order valence-corrected chi connectivity index (χ2v) is 8.61. The minimum atomic E-state index is -1.25. The van der Waals surface area contributed by atoms with Gasteiger partial charge in [-0.25, -0.2) is 14.2 Å². The number of halogens is 1. The highest BCUT2D eigenvalue weighted by molar-refractivity contribution is 7.13. The maximum absolute atomic E-state index is 13.1. The Bertz CT molecular complexity index is 1420. The van der Waals surface area contributed by atoms with Crippen molar-refractivity contribution in [2.45, 2.75) is 19.4 Å². The second-order valence-electron chi connectivity index (χ2n) is 7.32. The highest BCUT2D eigenvalue weighted by Gasteiger charge is 2.24. The molecule has 2 heterocycles. The maximum atomic E-state index is 13.1. The summed E-state index contributed by atoms with van der Waals surface area (Å²) in [5.74, 6) is -0.855. The van der Waals surface area contributed by atoms with Crippen LogP contribution in [0.1, 0.15) is 29.1 Å². The zero-order chi connectivity index (χ0) is 22.3. The van der Waals surface area contributed by atoms with E-state index < -0.39 is 22.8 Å². The molecule has 31 heavy (non-hydrogen) atoms. The smallest absolute Gasteiger partial charge is 0.346 e. The van der Waals surface area contributed by atoms with Crippen molar-refractivity contribution >= 4 is 39.8 Å². The molecule has 9 heteroatoms. The van der Waals surface area contributed by atoms with E-state index in [1.54, 1.807) is 6.07 Å². The van der Waals surface area contributed by atoms with Gasteiger partial charge in [-0.2, -0.15) is 0 Å². The van der Waals surface area contributed by atoms with Gasteiger partial charge in [0.15, 0.2) is 0 Å². The summed E-state index contributed by atoms with van der Waals surface area (Å²) < 4.78 is 6.97. The Kier molecular flexibility index (Phi) is 5.20. The predicted molar refractivity (Wildman–Crippen MR) is 120 cm³/mol. The summed E-state index contributed by atoms with van der Waals surface area (Å²) in [4.78, 5) is 39.7. The molecule has 0 unspecified atom stereocenters. The third-order valence-electron chi connectivity index (χ3n) is 4.85. The first-order valence-electron chi connectivity index (χ1n) is 9.23. The van der Waals surface area contributed by atoms with Crippen molar-refractivity contribution in [1.82, 2.24) is 9.55 Å². The van der Waals surface area contributed by atoms with Crippen LogP contribution >= 0.6 is 22.9 Å². The van der Waals surface area contributed by atoms with E-state index in [0.29, 0.717) is 5.75 Å². The number of hydrogen-bond donors (Lipinski definition) is 2. The van der Waals surface area contributed by atoms with Gasteiger partial charge in [0.05, 0.1) is 21.6 Å². The Balaban J connectivity index is 1.86. The van der Waals surface area contributed by atoms with Crippen molar-refractivity contribution in [3.63, 3.8) is 0 Å². The molecule has 0 bridgehead atoms. The highest BCUT2D eigenvalue weighted by atomic mass is 35.5. The van der Waals surface area contributed by atoms with Gasteiger partial charge >= 0.3 is 11.7 Å². The number of nitrogens with one attached hydrogen (secondary N) is 1. The lowest BCUT2D eigenvalue weighted by molar-refractivity contribution is 0.0704. The standard InChI is InChI=1S/C22H17ClN2O5S/c1-22(2,12-6-4-3-5-7-12)30-13-8-9-14(23)16(10-13)25-19(26)17-15(24-21(25)29)11-31-18(17)20(27)28/h3-11H,1-2H3,(H,24,29)(H,27,28). The van der Waals surface area contributed by atoms with Gasteiger partial charge < -0.3 is 14.8 Å². The number of aromatic carboxylic acids is 1. The number of aromatic nitrogens is 2. The van der Waals surface area contributed by atoms with Gasteiger partial charge in [-0.05, 0) is 31.5 Å². The fraction of sp³-hybridized carbons (Fsp3) is 0.136. The number of H-pyrrole nitrogens is 1. The molecule has 4 rings (SSSR count). The lowest BCUT2D eigenvalue weighted by Gasteiger charge is -2.27. The van der Waals surface area contributed by atoms with E-state index in [1.807, 2.05) is 44.2 Å². The van der Waals surface area contributed by atoms with Crippen LogP contribution in [0.5, 0.6) is 5.75 Å². The minimum absolute atomic E-state index is 0.0795. The van der Waals surface area contributed by atoms with Gasteiger partial charge in [0.2, 0.25) is 0 Å². The summed E-state index contributed by atoms with van der Waals surface area (Å²) in [6, 6.07) is 14.2. The first-order valence-corrected chi connectivity index (χ1v) is 10.5. The molecule has 2 aromatic heterocycles. The van der Waals surface area contributed by atoms with Crippen molar-refractivity contribution in [1.29, 1.82) is 0 Å². The molecule has 0 radical (unpaired) electrons. The van der Waals surface area contributed by atoms with Crippen LogP contribution in [0.15, 0.2) is 63.5 Å². The van der Waals surface area contributed by atoms with Crippen molar-refractivity contribution in [2.75, 3.05) is 0 Å². The van der Waals surface area contributed by atoms with E-state index in [1.165, 1.54) is 17.5 Å². The van der Waals surface area contributed by atoms with Gasteiger partial charge in [-0.1, -0.05) is 41.9 Å². The molecule has 0 aliphatic heterocycles. The van der Waals surface area contributed by atoms with Gasteiger partial charge in [0, 0.05) is 11.4 Å². The second kappa shape index (κ2) is 7.72. The van der Waals surface area contributed by atoms with Crippen LogP contribution in [0.25, 0.3) is 16.6 Å². The van der Waals surface area contributed by atoms with Crippen LogP contribution in [0.4, 0.5) is 0 Å². The predicted octanol–water partition coefficient (Wildman–Crippen LogP) is 4.41. The fourth-order valence-corrected chi connectivity index (χ4v) is 4.36. The van der Waals surface area contributed by atoms with Crippen molar-refractivity contribution in [3.05, 3.63) is 90.2 Å². The van der Waals surface area contributed by atoms with Crippen LogP contribution in [0, 0.1) is 0 Å². The average Bonchev–Trinajstić information content (AvgIpc) is 3.15. The van der Waals surface area contributed by atoms with E-state index in [0.717, 1.165) is 21.5 Å². The third kappa shape index (κ3) is 3.75. The molecular formula is C22H17ClN2O5S. The molecule has 0 saturated heterocycles. The SMILES string of the molecule is CC(C)(Oc1ccc(Cl)c(-n2c(=O)[nH]c3csc(C(=O)O)c3c2=O)c1)c1ccccc1. The summed E-state index contributed by atoms with van der Waals surface area (Å²) in [5.41, 5.74) is -0.988. The molecule has 0 fully saturated rings. The summed E-state index contributed by atoms with van der Waals surface area (Å²) in [7, 11) is 0. The number of hydrogen-bond acceptors (Lipinski definition) is 5. The molecular weight excluding hydrogens is 440 g/mol. The topological polar surface area (TPSA) is 101 Å². The Labute approximate surface area is 185 Å². The molecule has 2 N–H and O–H groups in total. The van der Waals surface area contributed by atoms with Crippen LogP contribution in [0.2, 0.25) is 5.02 Å². The summed E-state index contributed by atoms with van der Waals surface area (Å²) in [6.07, 6.45) is 0. The van der Waals surface area contributed by atoms with Crippen LogP contribution in [0.3, 0.4) is 0 Å². The number of fused-ring (bicyclic) bond motifs is 1. The third-order valence-corrected chi connectivity index (χ3v) is 6.14. The lowest BCUT2D eigenvalue weighted by Crippen LogP contribution is -2.34. The zero-order valence-electron chi connectivity index (χ0n) is 16.5. The lowest BCUT2D eigenvalue weighted by atomic mass is 9.98. The van der Waals surface area contributed by atoms with Crippen molar-refractivity contribution in [3.8, 4) is 11.4 Å². The number of rotatable bonds is 5. The summed E-state index contributed by atoms with van der Waals surface area (Å²) in [5, 5.41) is 10.9. The Hall–Kier alpha value is -3.36. The van der Waals surface area contributed by atoms with Crippen LogP contribution in [-0.4, -0.2) is 20.6 Å². The van der Waals surface area contributed by atoms with Gasteiger partial charge in [0.25, 0.3) is 5.56 Å². The van der Waals surface area contributed by atoms with E-state index in [-0.39, 0.29) is 26.5 Å². The van der Waals surface area contributed by atoms with Crippen LogP contribution < -0.4 is 16.0 Å². The van der Waals surface area contributed by atoms with Gasteiger partial charge in [-0.3, -0.25) is 4.79 Å². The Morgan fingerprint density at radius 2 is 1.87 bits per heavy atom. The molecule has 158 valence electrons. The van der Waals surface area contributed by atoms with E-state index in [9.17, 15) is 19.5 Å². The van der Waals surface area contributed by atoms with Gasteiger partial charge in [0.1, 0.15) is 16.2 Å². The number of carbonyl (C=O) groups is 1. The number of carboxylic acids is 1. The van der Waals surface area contributed by atoms with E-state index in [2.05, 4.69) is 4.98 Å². The monoisotopic (exact) mass is 456 g/mol. The number of carboxylic acid groups (broad SMARTS) is 1. The molecule has 0 saturated carbocycles.